The van der Waals surface area contributed by atoms with E-state index in [1.165, 1.54) is 17.4 Å². The molecule has 6 nitrogen and oxygen atoms in total. The Balaban J connectivity index is 1.84. The zero-order valence-corrected chi connectivity index (χ0v) is 16.5. The third-order valence-electron chi connectivity index (χ3n) is 4.43. The van der Waals surface area contributed by atoms with Crippen molar-refractivity contribution in [2.45, 2.75) is 25.7 Å². The zero-order chi connectivity index (χ0) is 22.1. The third kappa shape index (κ3) is 4.53. The van der Waals surface area contributed by atoms with Gasteiger partial charge in [0.2, 0.25) is 0 Å². The number of benzene rings is 1. The van der Waals surface area contributed by atoms with Crippen LogP contribution in [0, 0.1) is 12.7 Å². The van der Waals surface area contributed by atoms with Crippen molar-refractivity contribution in [2.75, 3.05) is 6.54 Å². The molecule has 0 saturated carbocycles. The molecular formula is C19H18F4N4O2S. The van der Waals surface area contributed by atoms with Gasteiger partial charge in [-0.2, -0.15) is 13.2 Å². The number of amides is 1. The Morgan fingerprint density at radius 3 is 2.67 bits per heavy atom. The fourth-order valence-electron chi connectivity index (χ4n) is 2.89. The van der Waals surface area contributed by atoms with Crippen LogP contribution in [0.5, 0.6) is 0 Å². The zero-order valence-electron chi connectivity index (χ0n) is 15.7. The van der Waals surface area contributed by atoms with E-state index >= 15 is 0 Å². The van der Waals surface area contributed by atoms with Crippen LogP contribution in [-0.2, 0) is 12.8 Å². The number of hydrogen-bond acceptors (Lipinski definition) is 5. The number of carbonyl (C=O) groups is 1. The number of aliphatic hydroxyl groups is 1. The number of alkyl halides is 3. The maximum absolute atomic E-state index is 14.3. The quantitative estimate of drug-likeness (QED) is 0.439. The van der Waals surface area contributed by atoms with Gasteiger partial charge in [0, 0.05) is 23.2 Å². The van der Waals surface area contributed by atoms with E-state index in [1.54, 1.807) is 12.3 Å². The molecular weight excluding hydrogens is 424 g/mol. The molecule has 1 amide bonds. The van der Waals surface area contributed by atoms with Gasteiger partial charge < -0.3 is 21.1 Å². The van der Waals surface area contributed by atoms with Crippen molar-refractivity contribution in [3.8, 4) is 11.3 Å². The summed E-state index contributed by atoms with van der Waals surface area (Å²) < 4.78 is 52.5. The van der Waals surface area contributed by atoms with E-state index in [-0.39, 0.29) is 30.1 Å². The predicted octanol–water partition coefficient (Wildman–Crippen LogP) is 3.53. The van der Waals surface area contributed by atoms with E-state index in [1.807, 2.05) is 0 Å². The molecule has 1 aromatic carbocycles. The van der Waals surface area contributed by atoms with Gasteiger partial charge >= 0.3 is 6.18 Å². The smallest absolute Gasteiger partial charge is 0.389 e. The Hall–Kier alpha value is -2.76. The normalized spacial score (nSPS) is 12.8. The molecule has 0 aliphatic heterocycles. The lowest BCUT2D eigenvalue weighted by atomic mass is 10.1. The topological polar surface area (TPSA) is 104 Å². The first kappa shape index (κ1) is 21.9. The summed E-state index contributed by atoms with van der Waals surface area (Å²) in [7, 11) is 0. The summed E-state index contributed by atoms with van der Waals surface area (Å²) in [5.74, 6) is -1.59. The van der Waals surface area contributed by atoms with Gasteiger partial charge in [-0.15, -0.1) is 11.3 Å². The monoisotopic (exact) mass is 442 g/mol. The number of nitrogens with one attached hydrogen (secondary N) is 2. The van der Waals surface area contributed by atoms with Gasteiger partial charge in [-0.05, 0) is 36.8 Å². The molecule has 30 heavy (non-hydrogen) atoms. The molecule has 11 heteroatoms. The fourth-order valence-corrected chi connectivity index (χ4v) is 3.60. The molecule has 1 atom stereocenters. The van der Waals surface area contributed by atoms with Crippen molar-refractivity contribution in [3.63, 3.8) is 0 Å². The second-order valence-electron chi connectivity index (χ2n) is 6.52. The molecule has 0 fully saturated rings. The molecule has 0 radical (unpaired) electrons. The molecule has 3 aromatic rings. The van der Waals surface area contributed by atoms with Crippen LogP contribution in [0.25, 0.3) is 11.3 Å². The molecule has 0 bridgehead atoms. The van der Waals surface area contributed by atoms with Crippen LogP contribution < -0.4 is 11.1 Å². The summed E-state index contributed by atoms with van der Waals surface area (Å²) in [4.78, 5) is 19.6. The van der Waals surface area contributed by atoms with E-state index in [2.05, 4.69) is 15.3 Å². The lowest BCUT2D eigenvalue weighted by Gasteiger charge is -2.14. The number of hydrogen-bond donors (Lipinski definition) is 4. The largest absolute Gasteiger partial charge is 0.416 e. The SMILES string of the molecule is Cc1cc(-c2ccc(C(F)(F)F)cc2F)[nH]c1C(=O)N[C@@H](CN)c1csc(CO)n1. The molecule has 3 rings (SSSR count). The Bertz CT molecular complexity index is 1060. The minimum atomic E-state index is -4.65. The molecule has 160 valence electrons. The first-order valence-corrected chi connectivity index (χ1v) is 9.64. The number of aromatic amines is 1. The van der Waals surface area contributed by atoms with E-state index in [0.29, 0.717) is 22.3 Å². The van der Waals surface area contributed by atoms with Gasteiger partial charge in [0.15, 0.2) is 0 Å². The number of aliphatic hydroxyl groups excluding tert-OH is 1. The summed E-state index contributed by atoms with van der Waals surface area (Å²) in [5.41, 5.74) is 5.81. The average molecular weight is 442 g/mol. The molecule has 0 unspecified atom stereocenters. The van der Waals surface area contributed by atoms with Crippen LogP contribution in [0.2, 0.25) is 0 Å². The van der Waals surface area contributed by atoms with Crippen molar-refractivity contribution in [3.05, 3.63) is 63.0 Å². The summed E-state index contributed by atoms with van der Waals surface area (Å²) in [5, 5.41) is 14.0. The number of aromatic nitrogens is 2. The highest BCUT2D eigenvalue weighted by molar-refractivity contribution is 7.09. The maximum atomic E-state index is 14.3. The van der Waals surface area contributed by atoms with Crippen LogP contribution in [0.3, 0.4) is 0 Å². The lowest BCUT2D eigenvalue weighted by molar-refractivity contribution is -0.137. The number of H-pyrrole nitrogens is 1. The molecule has 2 aromatic heterocycles. The second kappa shape index (κ2) is 8.54. The van der Waals surface area contributed by atoms with Gasteiger partial charge in [0.25, 0.3) is 5.91 Å². The van der Waals surface area contributed by atoms with Crippen molar-refractivity contribution >= 4 is 17.2 Å². The van der Waals surface area contributed by atoms with Gasteiger partial charge in [0.1, 0.15) is 16.5 Å². The number of nitrogens with two attached hydrogens (primary N) is 1. The van der Waals surface area contributed by atoms with Crippen LogP contribution in [-0.4, -0.2) is 27.5 Å². The average Bonchev–Trinajstić information content (AvgIpc) is 3.31. The summed E-state index contributed by atoms with van der Waals surface area (Å²) in [6, 6.07) is 3.07. The first-order chi connectivity index (χ1) is 14.1. The fraction of sp³-hybridized carbons (Fsp3) is 0.263. The number of carbonyl (C=O) groups excluding carboxylic acids is 1. The first-order valence-electron chi connectivity index (χ1n) is 8.76. The van der Waals surface area contributed by atoms with Crippen LogP contribution in [0.4, 0.5) is 17.6 Å². The summed E-state index contributed by atoms with van der Waals surface area (Å²) in [6.45, 7) is 1.44. The number of thiazole rings is 1. The molecule has 0 saturated heterocycles. The Kier molecular flexibility index (Phi) is 6.25. The number of nitrogens with zero attached hydrogens (tertiary/aromatic N) is 1. The second-order valence-corrected chi connectivity index (χ2v) is 7.46. The minimum Gasteiger partial charge on any atom is -0.389 e. The van der Waals surface area contributed by atoms with E-state index in [9.17, 15) is 22.4 Å². The number of halogens is 4. The predicted molar refractivity (Wildman–Crippen MR) is 103 cm³/mol. The molecule has 0 aliphatic rings. The van der Waals surface area contributed by atoms with Crippen molar-refractivity contribution in [1.82, 2.24) is 15.3 Å². The van der Waals surface area contributed by atoms with Gasteiger partial charge in [-0.3, -0.25) is 4.79 Å². The van der Waals surface area contributed by atoms with E-state index in [0.717, 1.165) is 12.1 Å². The van der Waals surface area contributed by atoms with Gasteiger partial charge in [-0.25, -0.2) is 9.37 Å². The third-order valence-corrected chi connectivity index (χ3v) is 5.28. The van der Waals surface area contributed by atoms with E-state index in [4.69, 9.17) is 10.8 Å². The lowest BCUT2D eigenvalue weighted by Crippen LogP contribution is -2.34. The summed E-state index contributed by atoms with van der Waals surface area (Å²) >= 11 is 1.23. The van der Waals surface area contributed by atoms with Gasteiger partial charge in [0.05, 0.1) is 23.9 Å². The van der Waals surface area contributed by atoms with Crippen molar-refractivity contribution in [2.24, 2.45) is 5.73 Å². The van der Waals surface area contributed by atoms with Crippen LogP contribution >= 0.6 is 11.3 Å². The highest BCUT2D eigenvalue weighted by Gasteiger charge is 2.31. The van der Waals surface area contributed by atoms with E-state index < -0.39 is 29.5 Å². The van der Waals surface area contributed by atoms with Crippen molar-refractivity contribution in [1.29, 1.82) is 0 Å². The van der Waals surface area contributed by atoms with Crippen LogP contribution in [0.15, 0.2) is 29.6 Å². The van der Waals surface area contributed by atoms with Gasteiger partial charge in [-0.1, -0.05) is 0 Å². The maximum Gasteiger partial charge on any atom is 0.416 e. The standard InChI is InChI=1S/C19H18F4N4O2S/c1-9-4-13(11-3-2-10(5-12(11)20)19(21,22)23)26-17(9)18(29)27-14(6-24)15-8-30-16(7-28)25-15/h2-5,8,14,26,28H,6-7,24H2,1H3,(H,27,29)/t14-/m0/s1. The minimum absolute atomic E-state index is 0.0560. The Morgan fingerprint density at radius 2 is 2.10 bits per heavy atom. The highest BCUT2D eigenvalue weighted by Crippen LogP contribution is 2.33. The molecule has 2 heterocycles. The highest BCUT2D eigenvalue weighted by atomic mass is 32.1. The Labute approximate surface area is 172 Å². The molecule has 0 aliphatic carbocycles. The van der Waals surface area contributed by atoms with Crippen LogP contribution in [0.1, 0.15) is 38.4 Å². The number of aryl methyl sites for hydroxylation is 1. The molecule has 0 spiro atoms. The summed E-state index contributed by atoms with van der Waals surface area (Å²) in [6.07, 6.45) is -4.65. The Morgan fingerprint density at radius 1 is 1.37 bits per heavy atom. The molecule has 5 N–H and O–H groups in total. The van der Waals surface area contributed by atoms with Crippen molar-refractivity contribution < 1.29 is 27.5 Å². The number of rotatable bonds is 6.